The van der Waals surface area contributed by atoms with E-state index in [9.17, 15) is 8.42 Å². The molecule has 0 aliphatic carbocycles. The molecule has 130 valence electrons. The Morgan fingerprint density at radius 2 is 1.80 bits per heavy atom. The molecule has 2 aromatic carbocycles. The topological polar surface area (TPSA) is 59.1 Å². The number of hydrogen-bond acceptors (Lipinski definition) is 4. The average Bonchev–Trinajstić information content (AvgIpc) is 2.97. The van der Waals surface area contributed by atoms with E-state index in [2.05, 4.69) is 9.71 Å². The molecule has 7 heteroatoms. The number of aryl methyl sites for hydroxylation is 3. The summed E-state index contributed by atoms with van der Waals surface area (Å²) in [5.41, 5.74) is 2.58. The Bertz CT molecular complexity index is 1040. The Balaban J connectivity index is 2.04. The maximum atomic E-state index is 12.9. The van der Waals surface area contributed by atoms with Gasteiger partial charge in [-0.1, -0.05) is 23.7 Å². The number of rotatable bonds is 4. The average molecular weight is 393 g/mol. The van der Waals surface area contributed by atoms with Crippen LogP contribution in [0.4, 0.5) is 5.69 Å². The van der Waals surface area contributed by atoms with E-state index in [4.69, 9.17) is 11.6 Å². The third-order valence-corrected chi connectivity index (χ3v) is 6.63. The molecule has 0 amide bonds. The van der Waals surface area contributed by atoms with Crippen LogP contribution >= 0.6 is 22.9 Å². The number of nitrogens with one attached hydrogen (secondary N) is 1. The standard InChI is InChI=1S/C18H17ClN2O2S2/c1-11-9-17(12(2)8-15(11)19)25(22,23)21-16-7-5-4-6-14(16)18-20-10-13(3)24-18/h4-10,21H,1-3H3. The van der Waals surface area contributed by atoms with Crippen molar-refractivity contribution in [3.8, 4) is 10.6 Å². The number of sulfonamides is 1. The van der Waals surface area contributed by atoms with Gasteiger partial charge in [0.15, 0.2) is 0 Å². The van der Waals surface area contributed by atoms with Gasteiger partial charge in [0.1, 0.15) is 5.01 Å². The molecule has 1 N–H and O–H groups in total. The number of para-hydroxylation sites is 1. The Hall–Kier alpha value is -1.89. The Morgan fingerprint density at radius 1 is 1.08 bits per heavy atom. The van der Waals surface area contributed by atoms with Crippen LogP contribution in [0.25, 0.3) is 10.6 Å². The van der Waals surface area contributed by atoms with Crippen molar-refractivity contribution >= 4 is 38.6 Å². The minimum absolute atomic E-state index is 0.222. The van der Waals surface area contributed by atoms with Crippen molar-refractivity contribution in [2.45, 2.75) is 25.7 Å². The summed E-state index contributed by atoms with van der Waals surface area (Å²) in [6.07, 6.45) is 1.78. The van der Waals surface area contributed by atoms with Crippen molar-refractivity contribution in [1.29, 1.82) is 0 Å². The molecule has 1 heterocycles. The normalized spacial score (nSPS) is 11.5. The van der Waals surface area contributed by atoms with Crippen LogP contribution in [0.5, 0.6) is 0 Å². The second-order valence-electron chi connectivity index (χ2n) is 5.79. The molecule has 25 heavy (non-hydrogen) atoms. The third-order valence-electron chi connectivity index (χ3n) is 3.77. The second kappa shape index (κ2) is 6.78. The van der Waals surface area contributed by atoms with Crippen molar-refractivity contribution in [1.82, 2.24) is 4.98 Å². The van der Waals surface area contributed by atoms with Gasteiger partial charge in [0.2, 0.25) is 0 Å². The van der Waals surface area contributed by atoms with Crippen molar-refractivity contribution < 1.29 is 8.42 Å². The first-order chi connectivity index (χ1) is 11.8. The molecule has 3 rings (SSSR count). The fraction of sp³-hybridized carbons (Fsp3) is 0.167. The summed E-state index contributed by atoms with van der Waals surface area (Å²) >= 11 is 7.60. The van der Waals surface area contributed by atoms with Crippen LogP contribution in [0.1, 0.15) is 16.0 Å². The van der Waals surface area contributed by atoms with Crippen molar-refractivity contribution in [2.75, 3.05) is 4.72 Å². The summed E-state index contributed by atoms with van der Waals surface area (Å²) in [5.74, 6) is 0. The summed E-state index contributed by atoms with van der Waals surface area (Å²) in [7, 11) is -3.74. The Labute approximate surface area is 156 Å². The van der Waals surface area contributed by atoms with Gasteiger partial charge < -0.3 is 0 Å². The zero-order valence-corrected chi connectivity index (χ0v) is 16.4. The highest BCUT2D eigenvalue weighted by atomic mass is 35.5. The second-order valence-corrected chi connectivity index (χ2v) is 9.09. The molecular formula is C18H17ClN2O2S2. The predicted octanol–water partition coefficient (Wildman–Crippen LogP) is 5.19. The number of halogens is 1. The van der Waals surface area contributed by atoms with E-state index in [1.54, 1.807) is 44.3 Å². The number of anilines is 1. The number of benzene rings is 2. The lowest BCUT2D eigenvalue weighted by Gasteiger charge is -2.14. The van der Waals surface area contributed by atoms with E-state index >= 15 is 0 Å². The highest BCUT2D eigenvalue weighted by molar-refractivity contribution is 7.92. The molecule has 4 nitrogen and oxygen atoms in total. The lowest BCUT2D eigenvalue weighted by atomic mass is 10.2. The van der Waals surface area contributed by atoms with Gasteiger partial charge >= 0.3 is 0 Å². The van der Waals surface area contributed by atoms with Crippen LogP contribution in [0.3, 0.4) is 0 Å². The van der Waals surface area contributed by atoms with Gasteiger partial charge in [-0.25, -0.2) is 13.4 Å². The van der Waals surface area contributed by atoms with Crippen LogP contribution in [-0.4, -0.2) is 13.4 Å². The first-order valence-electron chi connectivity index (χ1n) is 7.59. The quantitative estimate of drug-likeness (QED) is 0.664. The minimum atomic E-state index is -3.74. The van der Waals surface area contributed by atoms with Gasteiger partial charge in [-0.3, -0.25) is 4.72 Å². The molecule has 0 saturated carbocycles. The smallest absolute Gasteiger partial charge is 0.262 e. The van der Waals surface area contributed by atoms with Gasteiger partial charge in [0.25, 0.3) is 10.0 Å². The lowest BCUT2D eigenvalue weighted by molar-refractivity contribution is 0.600. The van der Waals surface area contributed by atoms with Crippen molar-refractivity contribution in [3.05, 3.63) is 63.6 Å². The highest BCUT2D eigenvalue weighted by Crippen LogP contribution is 2.33. The van der Waals surface area contributed by atoms with Crippen molar-refractivity contribution in [3.63, 3.8) is 0 Å². The molecular weight excluding hydrogens is 376 g/mol. The number of nitrogens with zero attached hydrogens (tertiary/aromatic N) is 1. The van der Waals surface area contributed by atoms with Gasteiger partial charge in [0.05, 0.1) is 10.6 Å². The number of hydrogen-bond donors (Lipinski definition) is 1. The van der Waals surface area contributed by atoms with E-state index in [1.165, 1.54) is 11.3 Å². The van der Waals surface area contributed by atoms with Crippen LogP contribution in [0, 0.1) is 20.8 Å². The highest BCUT2D eigenvalue weighted by Gasteiger charge is 2.20. The first-order valence-corrected chi connectivity index (χ1v) is 10.3. The Morgan fingerprint density at radius 3 is 2.48 bits per heavy atom. The maximum absolute atomic E-state index is 12.9. The molecule has 0 atom stereocenters. The van der Waals surface area contributed by atoms with Crippen molar-refractivity contribution in [2.24, 2.45) is 0 Å². The van der Waals surface area contributed by atoms with Crippen LogP contribution in [-0.2, 0) is 10.0 Å². The largest absolute Gasteiger partial charge is 0.279 e. The van der Waals surface area contributed by atoms with E-state index in [1.807, 2.05) is 19.1 Å². The molecule has 0 aliphatic heterocycles. The Kier molecular flexibility index (Phi) is 4.86. The third kappa shape index (κ3) is 3.71. The summed E-state index contributed by atoms with van der Waals surface area (Å²) in [4.78, 5) is 5.65. The minimum Gasteiger partial charge on any atom is -0.279 e. The lowest BCUT2D eigenvalue weighted by Crippen LogP contribution is -2.15. The molecule has 0 bridgehead atoms. The zero-order chi connectivity index (χ0) is 18.2. The summed E-state index contributed by atoms with van der Waals surface area (Å²) in [6, 6.07) is 10.5. The summed E-state index contributed by atoms with van der Waals surface area (Å²) in [5, 5.41) is 1.33. The van der Waals surface area contributed by atoms with Crippen LogP contribution in [0.2, 0.25) is 5.02 Å². The summed E-state index contributed by atoms with van der Waals surface area (Å²) < 4.78 is 28.5. The molecule has 1 aromatic heterocycles. The SMILES string of the molecule is Cc1cnc(-c2ccccc2NS(=O)(=O)c2cc(C)c(Cl)cc2C)s1. The number of thiazole rings is 1. The molecule has 3 aromatic rings. The van der Waals surface area contributed by atoms with E-state index in [-0.39, 0.29) is 4.90 Å². The molecule has 0 fully saturated rings. The maximum Gasteiger partial charge on any atom is 0.262 e. The predicted molar refractivity (Wildman–Crippen MR) is 104 cm³/mol. The van der Waals surface area contributed by atoms with E-state index < -0.39 is 10.0 Å². The van der Waals surface area contributed by atoms with Crippen LogP contribution < -0.4 is 4.72 Å². The van der Waals surface area contributed by atoms with Gasteiger partial charge in [0, 0.05) is 21.7 Å². The van der Waals surface area contributed by atoms with Crippen LogP contribution in [0.15, 0.2) is 47.5 Å². The first kappa shape index (κ1) is 17.9. The van der Waals surface area contributed by atoms with Gasteiger partial charge in [-0.2, -0.15) is 0 Å². The monoisotopic (exact) mass is 392 g/mol. The van der Waals surface area contributed by atoms with E-state index in [0.717, 1.165) is 21.0 Å². The molecule has 0 saturated heterocycles. The summed E-state index contributed by atoms with van der Waals surface area (Å²) in [6.45, 7) is 5.48. The van der Waals surface area contributed by atoms with Gasteiger partial charge in [-0.15, -0.1) is 11.3 Å². The number of aromatic nitrogens is 1. The fourth-order valence-corrected chi connectivity index (χ4v) is 4.90. The molecule has 0 radical (unpaired) electrons. The molecule has 0 unspecified atom stereocenters. The van der Waals surface area contributed by atoms with Gasteiger partial charge in [-0.05, 0) is 56.2 Å². The molecule has 0 aliphatic rings. The van der Waals surface area contributed by atoms with E-state index in [0.29, 0.717) is 16.3 Å². The molecule has 0 spiro atoms. The zero-order valence-electron chi connectivity index (χ0n) is 14.0. The fourth-order valence-electron chi connectivity index (χ4n) is 2.48.